The van der Waals surface area contributed by atoms with Crippen LogP contribution in [0.4, 0.5) is 0 Å². The van der Waals surface area contributed by atoms with Gasteiger partial charge in [0, 0.05) is 6.42 Å². The maximum Gasteiger partial charge on any atom is 0.158 e. The Kier molecular flexibility index (Phi) is 1.84. The van der Waals surface area contributed by atoms with Crippen molar-refractivity contribution in [1.82, 2.24) is 0 Å². The molecule has 1 saturated heterocycles. The number of rotatable bonds is 0. The molecular weight excluding hydrogens is 216 g/mol. The zero-order valence-electron chi connectivity index (χ0n) is 9.94. The van der Waals surface area contributed by atoms with Gasteiger partial charge < -0.3 is 4.74 Å². The average Bonchev–Trinajstić information content (AvgIpc) is 2.62. The third kappa shape index (κ3) is 1.22. The number of fused-ring (bicyclic) bond motifs is 2. The highest BCUT2D eigenvalue weighted by atomic mass is 17.2. The largest absolute Gasteiger partial charge is 0.370 e. The van der Waals surface area contributed by atoms with Gasteiger partial charge in [0.1, 0.15) is 5.60 Å². The number of hydrogen-bond acceptors (Lipinski definition) is 3. The van der Waals surface area contributed by atoms with Crippen LogP contribution >= 0.6 is 0 Å². The first kappa shape index (κ1) is 10.1. The van der Waals surface area contributed by atoms with Crippen LogP contribution in [0.5, 0.6) is 0 Å². The molecule has 2 aliphatic heterocycles. The molecule has 2 bridgehead atoms. The molecule has 3 atom stereocenters. The molecule has 1 aromatic carbocycles. The van der Waals surface area contributed by atoms with Crippen molar-refractivity contribution in [3.63, 3.8) is 0 Å². The predicted octanol–water partition coefficient (Wildman–Crippen LogP) is 2.69. The van der Waals surface area contributed by atoms with Gasteiger partial charge in [0.05, 0.1) is 12.7 Å². The topological polar surface area (TPSA) is 27.7 Å². The van der Waals surface area contributed by atoms with E-state index in [0.717, 1.165) is 19.3 Å². The van der Waals surface area contributed by atoms with Crippen LogP contribution in [0.3, 0.4) is 0 Å². The fourth-order valence-electron chi connectivity index (χ4n) is 3.54. The number of ether oxygens (including phenoxy) is 1. The molecule has 4 rings (SSSR count). The molecule has 90 valence electrons. The van der Waals surface area contributed by atoms with Crippen LogP contribution in [0.15, 0.2) is 24.3 Å². The first-order valence-electron chi connectivity index (χ1n) is 6.29. The van der Waals surface area contributed by atoms with E-state index in [2.05, 4.69) is 31.2 Å². The molecule has 1 spiro atoms. The molecule has 17 heavy (non-hydrogen) atoms. The molecule has 2 heterocycles. The summed E-state index contributed by atoms with van der Waals surface area (Å²) < 4.78 is 5.97. The Labute approximate surface area is 101 Å². The lowest BCUT2D eigenvalue weighted by atomic mass is 9.69. The molecule has 0 unspecified atom stereocenters. The molecule has 0 amide bonds. The third-order valence-electron chi connectivity index (χ3n) is 4.40. The Morgan fingerprint density at radius 3 is 3.06 bits per heavy atom. The first-order valence-corrected chi connectivity index (χ1v) is 6.29. The molecule has 0 radical (unpaired) electrons. The van der Waals surface area contributed by atoms with Gasteiger partial charge >= 0.3 is 0 Å². The van der Waals surface area contributed by atoms with Gasteiger partial charge in [-0.2, -0.15) is 0 Å². The highest BCUT2D eigenvalue weighted by Gasteiger charge is 2.60. The molecule has 1 aliphatic carbocycles. The van der Waals surface area contributed by atoms with E-state index in [1.165, 1.54) is 11.1 Å². The van der Waals surface area contributed by atoms with Crippen molar-refractivity contribution in [3.8, 4) is 0 Å². The molecular formula is C14H16O3. The Morgan fingerprint density at radius 1 is 1.24 bits per heavy atom. The van der Waals surface area contributed by atoms with E-state index in [0.29, 0.717) is 6.61 Å². The lowest BCUT2D eigenvalue weighted by Gasteiger charge is -2.43. The summed E-state index contributed by atoms with van der Waals surface area (Å²) in [4.78, 5) is 11.4. The van der Waals surface area contributed by atoms with Crippen molar-refractivity contribution in [2.45, 2.75) is 50.1 Å². The minimum Gasteiger partial charge on any atom is -0.370 e. The lowest BCUT2D eigenvalue weighted by Crippen LogP contribution is -2.49. The molecule has 0 aromatic heterocycles. The minimum absolute atomic E-state index is 0.135. The maximum absolute atomic E-state index is 5.97. The van der Waals surface area contributed by atoms with Gasteiger partial charge in [-0.25, -0.2) is 9.78 Å². The van der Waals surface area contributed by atoms with Gasteiger partial charge in [-0.3, -0.25) is 0 Å². The molecule has 3 heteroatoms. The highest BCUT2D eigenvalue weighted by Crippen LogP contribution is 2.55. The summed E-state index contributed by atoms with van der Waals surface area (Å²) in [5.41, 5.74) is 2.00. The summed E-state index contributed by atoms with van der Waals surface area (Å²) in [6.07, 6.45) is 3.08. The van der Waals surface area contributed by atoms with Crippen molar-refractivity contribution >= 4 is 0 Å². The predicted molar refractivity (Wildman–Crippen MR) is 61.1 cm³/mol. The van der Waals surface area contributed by atoms with Crippen LogP contribution in [-0.2, 0) is 26.7 Å². The third-order valence-corrected chi connectivity index (χ3v) is 4.40. The Bertz CT molecular complexity index is 472. The fraction of sp³-hybridized carbons (Fsp3) is 0.571. The Morgan fingerprint density at radius 2 is 2.12 bits per heavy atom. The summed E-state index contributed by atoms with van der Waals surface area (Å²) >= 11 is 0. The summed E-state index contributed by atoms with van der Waals surface area (Å²) in [5, 5.41) is 0. The van der Waals surface area contributed by atoms with Gasteiger partial charge in [0.2, 0.25) is 0 Å². The van der Waals surface area contributed by atoms with Crippen molar-refractivity contribution in [1.29, 1.82) is 0 Å². The van der Waals surface area contributed by atoms with Crippen molar-refractivity contribution < 1.29 is 14.5 Å². The maximum atomic E-state index is 5.97. The normalized spacial score (nSPS) is 43.0. The lowest BCUT2D eigenvalue weighted by molar-refractivity contribution is -0.359. The van der Waals surface area contributed by atoms with Crippen LogP contribution in [-0.4, -0.2) is 11.7 Å². The smallest absolute Gasteiger partial charge is 0.158 e. The van der Waals surface area contributed by atoms with Crippen LogP contribution in [0.2, 0.25) is 0 Å². The minimum atomic E-state index is -0.359. The standard InChI is InChI=1S/C14H16O3/c1-13-7-6-12-14(9-13,17-16-13)11-5-3-2-4-10(11)8-15-12/h2-5,12H,6-9H2,1H3/t12-,13+,14-/m1/s1. The molecule has 2 fully saturated rings. The van der Waals surface area contributed by atoms with E-state index in [4.69, 9.17) is 14.5 Å². The number of hydrogen-bond donors (Lipinski definition) is 0. The van der Waals surface area contributed by atoms with E-state index < -0.39 is 0 Å². The van der Waals surface area contributed by atoms with E-state index in [1.807, 2.05) is 0 Å². The number of benzene rings is 1. The van der Waals surface area contributed by atoms with Crippen molar-refractivity contribution in [2.24, 2.45) is 0 Å². The Hall–Kier alpha value is -0.900. The zero-order valence-corrected chi connectivity index (χ0v) is 9.94. The van der Waals surface area contributed by atoms with Gasteiger partial charge in [-0.1, -0.05) is 24.3 Å². The van der Waals surface area contributed by atoms with Gasteiger partial charge in [-0.15, -0.1) is 0 Å². The van der Waals surface area contributed by atoms with Crippen molar-refractivity contribution in [2.75, 3.05) is 0 Å². The second kappa shape index (κ2) is 3.10. The second-order valence-electron chi connectivity index (χ2n) is 5.68. The van der Waals surface area contributed by atoms with E-state index in [1.54, 1.807) is 0 Å². The molecule has 0 N–H and O–H groups in total. The van der Waals surface area contributed by atoms with E-state index in [-0.39, 0.29) is 17.3 Å². The van der Waals surface area contributed by atoms with E-state index >= 15 is 0 Å². The molecule has 3 nitrogen and oxygen atoms in total. The van der Waals surface area contributed by atoms with Gasteiger partial charge in [-0.05, 0) is 30.9 Å². The summed E-state index contributed by atoms with van der Waals surface area (Å²) in [7, 11) is 0. The summed E-state index contributed by atoms with van der Waals surface area (Å²) in [6.45, 7) is 2.83. The highest BCUT2D eigenvalue weighted by molar-refractivity contribution is 5.37. The quantitative estimate of drug-likeness (QED) is 0.644. The van der Waals surface area contributed by atoms with Crippen LogP contribution in [0, 0.1) is 0 Å². The van der Waals surface area contributed by atoms with E-state index in [9.17, 15) is 0 Å². The average molecular weight is 232 g/mol. The van der Waals surface area contributed by atoms with Crippen molar-refractivity contribution in [3.05, 3.63) is 35.4 Å². The summed E-state index contributed by atoms with van der Waals surface area (Å²) in [5.74, 6) is 0. The first-order chi connectivity index (χ1) is 8.22. The summed E-state index contributed by atoms with van der Waals surface area (Å²) in [6, 6.07) is 8.40. The second-order valence-corrected chi connectivity index (χ2v) is 5.68. The van der Waals surface area contributed by atoms with Gasteiger partial charge in [0.15, 0.2) is 5.60 Å². The van der Waals surface area contributed by atoms with Crippen LogP contribution < -0.4 is 0 Å². The van der Waals surface area contributed by atoms with Crippen LogP contribution in [0.1, 0.15) is 37.3 Å². The zero-order chi connectivity index (χ0) is 11.5. The molecule has 3 aliphatic rings. The molecule has 1 saturated carbocycles. The fourth-order valence-corrected chi connectivity index (χ4v) is 3.54. The SMILES string of the molecule is C[C@]12CC[C@H]3OCc4ccccc4[C@@]3(C1)OO2. The van der Waals surface area contributed by atoms with Gasteiger partial charge in [0.25, 0.3) is 0 Å². The van der Waals surface area contributed by atoms with Crippen LogP contribution in [0.25, 0.3) is 0 Å². The monoisotopic (exact) mass is 232 g/mol. The molecule has 1 aromatic rings. The Balaban J connectivity index is 1.89.